The van der Waals surface area contributed by atoms with Gasteiger partial charge in [0.15, 0.2) is 5.69 Å². The predicted molar refractivity (Wildman–Crippen MR) is 69.1 cm³/mol. The van der Waals surface area contributed by atoms with Crippen molar-refractivity contribution in [3.8, 4) is 0 Å². The molecule has 0 radical (unpaired) electrons. The lowest BCUT2D eigenvalue weighted by Gasteiger charge is -2.09. The maximum absolute atomic E-state index is 11.8. The third-order valence-electron chi connectivity index (χ3n) is 3.41. The summed E-state index contributed by atoms with van der Waals surface area (Å²) in [5.41, 5.74) is 0.407. The number of carbonyl (C=O) groups is 1. The van der Waals surface area contributed by atoms with Crippen LogP contribution in [0, 0.1) is 0 Å². The molecule has 1 aromatic heterocycles. The van der Waals surface area contributed by atoms with Gasteiger partial charge in [0.25, 0.3) is 5.91 Å². The number of rotatable bonds is 4. The number of nitrogens with one attached hydrogen (secondary N) is 2. The highest BCUT2D eigenvalue weighted by Gasteiger charge is 2.29. The Bertz CT molecular complexity index is 411. The Labute approximate surface area is 112 Å². The minimum Gasteiger partial charge on any atom is -0.360 e. The van der Waals surface area contributed by atoms with Crippen molar-refractivity contribution in [2.24, 2.45) is 0 Å². The number of halogens is 1. The molecule has 1 aliphatic heterocycles. The van der Waals surface area contributed by atoms with E-state index in [4.69, 9.17) is 4.52 Å². The van der Waals surface area contributed by atoms with Gasteiger partial charge in [-0.25, -0.2) is 0 Å². The summed E-state index contributed by atoms with van der Waals surface area (Å²) in [5, 5.41) is 10.0. The van der Waals surface area contributed by atoms with Crippen molar-refractivity contribution in [2.45, 2.75) is 37.6 Å². The lowest BCUT2D eigenvalue weighted by atomic mass is 10.2. The molecule has 2 N–H and O–H groups in total. The van der Waals surface area contributed by atoms with Crippen molar-refractivity contribution in [2.75, 3.05) is 13.1 Å². The van der Waals surface area contributed by atoms with Gasteiger partial charge in [0, 0.05) is 24.6 Å². The highest BCUT2D eigenvalue weighted by molar-refractivity contribution is 5.92. The van der Waals surface area contributed by atoms with E-state index in [0.29, 0.717) is 24.2 Å². The molecule has 0 bridgehead atoms. The molecule has 2 fully saturated rings. The largest absolute Gasteiger partial charge is 0.360 e. The number of amides is 1. The molecule has 1 atom stereocenters. The van der Waals surface area contributed by atoms with Gasteiger partial charge in [-0.1, -0.05) is 5.16 Å². The fourth-order valence-electron chi connectivity index (χ4n) is 2.19. The first-order valence-corrected chi connectivity index (χ1v) is 6.31. The Morgan fingerprint density at radius 2 is 2.33 bits per heavy atom. The molecule has 18 heavy (non-hydrogen) atoms. The zero-order valence-corrected chi connectivity index (χ0v) is 11.0. The summed E-state index contributed by atoms with van der Waals surface area (Å²) < 4.78 is 5.16. The maximum Gasteiger partial charge on any atom is 0.273 e. The lowest BCUT2D eigenvalue weighted by molar-refractivity contribution is 0.0941. The Balaban J connectivity index is 0.00000120. The molecule has 1 aliphatic carbocycles. The van der Waals surface area contributed by atoms with E-state index in [-0.39, 0.29) is 18.3 Å². The third kappa shape index (κ3) is 3.03. The van der Waals surface area contributed by atoms with E-state index in [1.54, 1.807) is 6.07 Å². The normalized spacial score (nSPS) is 22.6. The maximum atomic E-state index is 11.8. The first-order valence-electron chi connectivity index (χ1n) is 6.31. The molecule has 0 spiro atoms. The number of hydrogen-bond acceptors (Lipinski definition) is 4. The highest BCUT2D eigenvalue weighted by atomic mass is 35.5. The van der Waals surface area contributed by atoms with Crippen molar-refractivity contribution in [1.82, 2.24) is 15.8 Å². The molecule has 0 aromatic carbocycles. The molecule has 5 nitrogen and oxygen atoms in total. The van der Waals surface area contributed by atoms with Crippen LogP contribution in [0.3, 0.4) is 0 Å². The Kier molecular flexibility index (Phi) is 4.24. The molecular formula is C12H18ClN3O2. The molecule has 1 saturated carbocycles. The van der Waals surface area contributed by atoms with Crippen LogP contribution in [0.1, 0.15) is 47.8 Å². The number of aromatic nitrogens is 1. The minimum absolute atomic E-state index is 0. The van der Waals surface area contributed by atoms with Crippen LogP contribution in [0.5, 0.6) is 0 Å². The van der Waals surface area contributed by atoms with Gasteiger partial charge in [-0.15, -0.1) is 12.4 Å². The number of nitrogens with zero attached hydrogens (tertiary/aromatic N) is 1. The molecule has 1 amide bonds. The van der Waals surface area contributed by atoms with E-state index in [1.807, 2.05) is 0 Å². The van der Waals surface area contributed by atoms with Crippen LogP contribution in [0.15, 0.2) is 10.6 Å². The van der Waals surface area contributed by atoms with Gasteiger partial charge in [0.05, 0.1) is 0 Å². The molecular weight excluding hydrogens is 254 g/mol. The summed E-state index contributed by atoms with van der Waals surface area (Å²) in [6, 6.07) is 2.18. The predicted octanol–water partition coefficient (Wildman–Crippen LogP) is 1.46. The van der Waals surface area contributed by atoms with E-state index in [9.17, 15) is 4.79 Å². The summed E-state index contributed by atoms with van der Waals surface area (Å²) in [4.78, 5) is 11.8. The summed E-state index contributed by atoms with van der Waals surface area (Å²) in [6.07, 6.45) is 4.63. The average molecular weight is 272 g/mol. The summed E-state index contributed by atoms with van der Waals surface area (Å²) >= 11 is 0. The first-order chi connectivity index (χ1) is 8.33. The average Bonchev–Trinajstić information content (AvgIpc) is 2.88. The Hall–Kier alpha value is -1.07. The standard InChI is InChI=1S/C12H17N3O2.ClH/c16-12(14-7-9-2-1-5-13-9)10-6-11(17-15-10)8-3-4-8;/h6,8-9,13H,1-5,7H2,(H,14,16);1H. The van der Waals surface area contributed by atoms with Crippen LogP contribution < -0.4 is 10.6 Å². The molecule has 3 rings (SSSR count). The van der Waals surface area contributed by atoms with Crippen LogP contribution in [0.2, 0.25) is 0 Å². The summed E-state index contributed by atoms with van der Waals surface area (Å²) in [5.74, 6) is 1.23. The van der Waals surface area contributed by atoms with Crippen LogP contribution in [-0.4, -0.2) is 30.2 Å². The second-order valence-corrected chi connectivity index (χ2v) is 4.89. The van der Waals surface area contributed by atoms with Crippen molar-refractivity contribution in [3.63, 3.8) is 0 Å². The van der Waals surface area contributed by atoms with E-state index < -0.39 is 0 Å². The van der Waals surface area contributed by atoms with E-state index in [0.717, 1.165) is 31.6 Å². The van der Waals surface area contributed by atoms with Crippen LogP contribution in [0.25, 0.3) is 0 Å². The molecule has 1 saturated heterocycles. The van der Waals surface area contributed by atoms with Gasteiger partial charge in [0.1, 0.15) is 5.76 Å². The molecule has 6 heteroatoms. The lowest BCUT2D eigenvalue weighted by Crippen LogP contribution is -2.37. The zero-order chi connectivity index (χ0) is 11.7. The van der Waals surface area contributed by atoms with Crippen molar-refractivity contribution in [3.05, 3.63) is 17.5 Å². The molecule has 1 aromatic rings. The molecule has 2 aliphatic rings. The monoisotopic (exact) mass is 271 g/mol. The minimum atomic E-state index is -0.130. The smallest absolute Gasteiger partial charge is 0.273 e. The van der Waals surface area contributed by atoms with E-state index in [1.165, 1.54) is 6.42 Å². The summed E-state index contributed by atoms with van der Waals surface area (Å²) in [6.45, 7) is 1.72. The Morgan fingerprint density at radius 1 is 1.50 bits per heavy atom. The van der Waals surface area contributed by atoms with Crippen LogP contribution in [-0.2, 0) is 0 Å². The van der Waals surface area contributed by atoms with Gasteiger partial charge in [-0.05, 0) is 32.2 Å². The topological polar surface area (TPSA) is 67.2 Å². The summed E-state index contributed by atoms with van der Waals surface area (Å²) in [7, 11) is 0. The van der Waals surface area contributed by atoms with Crippen LogP contribution in [0.4, 0.5) is 0 Å². The third-order valence-corrected chi connectivity index (χ3v) is 3.41. The number of carbonyl (C=O) groups excluding carboxylic acids is 1. The van der Waals surface area contributed by atoms with Gasteiger partial charge in [-0.3, -0.25) is 4.79 Å². The molecule has 100 valence electrons. The SMILES string of the molecule is Cl.O=C(NCC1CCCN1)c1cc(C2CC2)on1. The number of hydrogen-bond donors (Lipinski definition) is 2. The van der Waals surface area contributed by atoms with Crippen molar-refractivity contribution < 1.29 is 9.32 Å². The second kappa shape index (κ2) is 5.71. The Morgan fingerprint density at radius 3 is 3.00 bits per heavy atom. The van der Waals surface area contributed by atoms with E-state index in [2.05, 4.69) is 15.8 Å². The fourth-order valence-corrected chi connectivity index (χ4v) is 2.19. The van der Waals surface area contributed by atoms with Crippen molar-refractivity contribution >= 4 is 18.3 Å². The zero-order valence-electron chi connectivity index (χ0n) is 10.1. The molecule has 1 unspecified atom stereocenters. The van der Waals surface area contributed by atoms with Crippen LogP contribution >= 0.6 is 12.4 Å². The molecule has 2 heterocycles. The first kappa shape index (κ1) is 13.4. The second-order valence-electron chi connectivity index (χ2n) is 4.89. The van der Waals surface area contributed by atoms with Gasteiger partial charge >= 0.3 is 0 Å². The van der Waals surface area contributed by atoms with Gasteiger partial charge in [0.2, 0.25) is 0 Å². The van der Waals surface area contributed by atoms with Crippen molar-refractivity contribution in [1.29, 1.82) is 0 Å². The van der Waals surface area contributed by atoms with E-state index >= 15 is 0 Å². The van der Waals surface area contributed by atoms with Gasteiger partial charge < -0.3 is 15.2 Å². The van der Waals surface area contributed by atoms with Gasteiger partial charge in [-0.2, -0.15) is 0 Å². The highest BCUT2D eigenvalue weighted by Crippen LogP contribution is 2.40. The fraction of sp³-hybridized carbons (Fsp3) is 0.667. The quantitative estimate of drug-likeness (QED) is 0.870.